The Balaban J connectivity index is 1.79. The molecular weight excluding hydrogens is 340 g/mol. The summed E-state index contributed by atoms with van der Waals surface area (Å²) >= 11 is 3.42. The number of rotatable bonds is 5. The minimum Gasteiger partial charge on any atom is -0.310 e. The monoisotopic (exact) mass is 360 g/mol. The maximum atomic E-state index is 11.8. The lowest BCUT2D eigenvalue weighted by Crippen LogP contribution is -2.45. The Labute approximate surface area is 129 Å². The van der Waals surface area contributed by atoms with E-state index in [1.807, 2.05) is 12.1 Å². The molecule has 0 spiro atoms. The lowest BCUT2D eigenvalue weighted by Gasteiger charge is -2.31. The van der Waals surface area contributed by atoms with E-state index in [-0.39, 0.29) is 5.75 Å². The fourth-order valence-electron chi connectivity index (χ4n) is 2.39. The molecule has 1 aliphatic rings. The molecule has 2 rings (SSSR count). The van der Waals surface area contributed by atoms with E-state index in [9.17, 15) is 8.42 Å². The predicted molar refractivity (Wildman–Crippen MR) is 85.0 cm³/mol. The lowest BCUT2D eigenvalue weighted by atomic mass is 10.1. The van der Waals surface area contributed by atoms with Crippen LogP contribution in [0.15, 0.2) is 28.7 Å². The second-order valence-corrected chi connectivity index (χ2v) is 8.25. The summed E-state index contributed by atoms with van der Waals surface area (Å²) in [6.07, 6.45) is 1.77. The summed E-state index contributed by atoms with van der Waals surface area (Å²) in [5, 5.41) is 3.51. The molecule has 20 heavy (non-hydrogen) atoms. The third kappa shape index (κ3) is 4.28. The fourth-order valence-corrected chi connectivity index (χ4v) is 3.78. The molecule has 0 aromatic heterocycles. The van der Waals surface area contributed by atoms with Gasteiger partial charge in [0, 0.05) is 30.1 Å². The maximum Gasteiger partial charge on any atom is 0.213 e. The molecule has 0 amide bonds. The Hall–Kier alpha value is -0.430. The molecule has 1 saturated heterocycles. The number of piperidine rings is 1. The van der Waals surface area contributed by atoms with Crippen LogP contribution in [0, 0.1) is 0 Å². The molecule has 0 radical (unpaired) electrons. The minimum absolute atomic E-state index is 0.198. The summed E-state index contributed by atoms with van der Waals surface area (Å²) in [5.41, 5.74) is 1.25. The maximum absolute atomic E-state index is 11.8. The van der Waals surface area contributed by atoms with Gasteiger partial charge in [-0.3, -0.25) is 0 Å². The number of benzene rings is 1. The van der Waals surface area contributed by atoms with Gasteiger partial charge in [0.15, 0.2) is 0 Å². The van der Waals surface area contributed by atoms with Gasteiger partial charge < -0.3 is 5.32 Å². The molecular formula is C14H21BrN2O2S. The Kier molecular flexibility index (Phi) is 5.60. The van der Waals surface area contributed by atoms with Crippen LogP contribution in [0.3, 0.4) is 0 Å². The van der Waals surface area contributed by atoms with Crippen molar-refractivity contribution >= 4 is 26.0 Å². The summed E-state index contributed by atoms with van der Waals surface area (Å²) in [6, 6.07) is 8.66. The van der Waals surface area contributed by atoms with Crippen LogP contribution in [0.2, 0.25) is 0 Å². The molecule has 0 saturated carbocycles. The molecule has 0 bridgehead atoms. The highest BCUT2D eigenvalue weighted by Gasteiger charge is 2.26. The van der Waals surface area contributed by atoms with Crippen LogP contribution in [0.5, 0.6) is 0 Å². The second kappa shape index (κ2) is 7.02. The standard InChI is InChI=1S/C14H21BrN2O2S/c1-2-20(18,19)17-9-7-14(8-10-17)16-11-12-3-5-13(15)6-4-12/h3-6,14,16H,2,7-11H2,1H3. The molecule has 112 valence electrons. The smallest absolute Gasteiger partial charge is 0.213 e. The van der Waals surface area contributed by atoms with Crippen molar-refractivity contribution in [3.63, 3.8) is 0 Å². The van der Waals surface area contributed by atoms with Crippen LogP contribution in [-0.2, 0) is 16.6 Å². The summed E-state index contributed by atoms with van der Waals surface area (Å²) in [5.74, 6) is 0.198. The van der Waals surface area contributed by atoms with Gasteiger partial charge in [-0.15, -0.1) is 0 Å². The SMILES string of the molecule is CCS(=O)(=O)N1CCC(NCc2ccc(Br)cc2)CC1. The second-order valence-electron chi connectivity index (χ2n) is 5.08. The van der Waals surface area contributed by atoms with Gasteiger partial charge in [-0.1, -0.05) is 28.1 Å². The van der Waals surface area contributed by atoms with Gasteiger partial charge in [-0.05, 0) is 37.5 Å². The van der Waals surface area contributed by atoms with Crippen LogP contribution in [-0.4, -0.2) is 37.6 Å². The van der Waals surface area contributed by atoms with E-state index in [2.05, 4.69) is 33.4 Å². The van der Waals surface area contributed by atoms with Crippen LogP contribution in [0.1, 0.15) is 25.3 Å². The van der Waals surface area contributed by atoms with E-state index in [1.54, 1.807) is 11.2 Å². The quantitative estimate of drug-likeness (QED) is 0.876. The molecule has 0 unspecified atom stereocenters. The number of sulfonamides is 1. The van der Waals surface area contributed by atoms with Crippen LogP contribution in [0.25, 0.3) is 0 Å². The van der Waals surface area contributed by atoms with Crippen LogP contribution in [0.4, 0.5) is 0 Å². The van der Waals surface area contributed by atoms with E-state index in [0.717, 1.165) is 23.9 Å². The first kappa shape index (κ1) is 15.9. The van der Waals surface area contributed by atoms with Crippen molar-refractivity contribution in [2.24, 2.45) is 0 Å². The van der Waals surface area contributed by atoms with Gasteiger partial charge in [-0.2, -0.15) is 0 Å². The zero-order chi connectivity index (χ0) is 14.6. The van der Waals surface area contributed by atoms with Gasteiger partial charge in [-0.25, -0.2) is 12.7 Å². The molecule has 0 aliphatic carbocycles. The van der Waals surface area contributed by atoms with Gasteiger partial charge in [0.2, 0.25) is 10.0 Å². The molecule has 1 aromatic rings. The summed E-state index contributed by atoms with van der Waals surface area (Å²) in [7, 11) is -3.02. The first-order valence-electron chi connectivity index (χ1n) is 6.97. The van der Waals surface area contributed by atoms with Crippen molar-refractivity contribution in [1.29, 1.82) is 0 Å². The molecule has 1 aliphatic heterocycles. The van der Waals surface area contributed by atoms with Crippen molar-refractivity contribution < 1.29 is 8.42 Å². The van der Waals surface area contributed by atoms with E-state index in [4.69, 9.17) is 0 Å². The summed E-state index contributed by atoms with van der Waals surface area (Å²) < 4.78 is 26.2. The molecule has 1 heterocycles. The van der Waals surface area contributed by atoms with Crippen LogP contribution >= 0.6 is 15.9 Å². The Morgan fingerprint density at radius 3 is 2.40 bits per heavy atom. The van der Waals surface area contributed by atoms with Crippen molar-refractivity contribution in [3.8, 4) is 0 Å². The third-order valence-electron chi connectivity index (χ3n) is 3.72. The fraction of sp³-hybridized carbons (Fsp3) is 0.571. The van der Waals surface area contributed by atoms with Gasteiger partial charge >= 0.3 is 0 Å². The Bertz CT molecular complexity index is 523. The molecule has 0 atom stereocenters. The molecule has 1 aromatic carbocycles. The van der Waals surface area contributed by atoms with Gasteiger partial charge in [0.25, 0.3) is 0 Å². The van der Waals surface area contributed by atoms with Crippen LogP contribution < -0.4 is 5.32 Å². The van der Waals surface area contributed by atoms with Gasteiger partial charge in [0.05, 0.1) is 5.75 Å². The van der Waals surface area contributed by atoms with Gasteiger partial charge in [0.1, 0.15) is 0 Å². The molecule has 6 heteroatoms. The van der Waals surface area contributed by atoms with Crippen molar-refractivity contribution in [3.05, 3.63) is 34.3 Å². The van der Waals surface area contributed by atoms with E-state index in [0.29, 0.717) is 19.1 Å². The zero-order valence-corrected chi connectivity index (χ0v) is 14.1. The number of halogens is 1. The number of hydrogen-bond donors (Lipinski definition) is 1. The van der Waals surface area contributed by atoms with Crippen molar-refractivity contribution in [2.75, 3.05) is 18.8 Å². The average molecular weight is 361 g/mol. The highest BCUT2D eigenvalue weighted by atomic mass is 79.9. The number of hydrogen-bond acceptors (Lipinski definition) is 3. The number of nitrogens with zero attached hydrogens (tertiary/aromatic N) is 1. The van der Waals surface area contributed by atoms with E-state index in [1.165, 1.54) is 5.56 Å². The predicted octanol–water partition coefficient (Wildman–Crippen LogP) is 2.35. The summed E-state index contributed by atoms with van der Waals surface area (Å²) in [4.78, 5) is 0. The zero-order valence-electron chi connectivity index (χ0n) is 11.7. The third-order valence-corrected chi connectivity index (χ3v) is 6.13. The minimum atomic E-state index is -3.02. The molecule has 4 nitrogen and oxygen atoms in total. The first-order valence-corrected chi connectivity index (χ1v) is 9.37. The largest absolute Gasteiger partial charge is 0.310 e. The average Bonchev–Trinajstić information content (AvgIpc) is 2.47. The highest BCUT2D eigenvalue weighted by Crippen LogP contribution is 2.15. The van der Waals surface area contributed by atoms with Crippen molar-refractivity contribution in [2.45, 2.75) is 32.4 Å². The highest BCUT2D eigenvalue weighted by molar-refractivity contribution is 9.10. The molecule has 1 fully saturated rings. The topological polar surface area (TPSA) is 49.4 Å². The number of nitrogens with one attached hydrogen (secondary N) is 1. The Morgan fingerprint density at radius 2 is 1.85 bits per heavy atom. The lowest BCUT2D eigenvalue weighted by molar-refractivity contribution is 0.289. The van der Waals surface area contributed by atoms with E-state index < -0.39 is 10.0 Å². The first-order chi connectivity index (χ1) is 9.51. The van der Waals surface area contributed by atoms with E-state index >= 15 is 0 Å². The molecule has 1 N–H and O–H groups in total. The normalized spacial score (nSPS) is 18.3. The summed E-state index contributed by atoms with van der Waals surface area (Å²) in [6.45, 7) is 3.80. The Morgan fingerprint density at radius 1 is 1.25 bits per heavy atom. The van der Waals surface area contributed by atoms with Crippen molar-refractivity contribution in [1.82, 2.24) is 9.62 Å².